The van der Waals surface area contributed by atoms with Crippen LogP contribution in [0.3, 0.4) is 0 Å². The van der Waals surface area contributed by atoms with Crippen LogP contribution in [0.5, 0.6) is 23.1 Å². The fourth-order valence-electron chi connectivity index (χ4n) is 3.87. The van der Waals surface area contributed by atoms with Crippen LogP contribution < -0.4 is 14.2 Å². The Bertz CT molecular complexity index is 1450. The van der Waals surface area contributed by atoms with Crippen molar-refractivity contribution in [2.75, 3.05) is 33.3 Å². The highest BCUT2D eigenvalue weighted by Gasteiger charge is 2.17. The zero-order chi connectivity index (χ0) is 26.4. The molecule has 0 unspecified atom stereocenters. The lowest BCUT2D eigenvalue weighted by Gasteiger charge is -2.16. The Morgan fingerprint density at radius 1 is 1.09 bits per heavy atom. The third-order valence-corrected chi connectivity index (χ3v) is 5.44. The van der Waals surface area contributed by atoms with Gasteiger partial charge in [-0.3, -0.25) is 0 Å². The van der Waals surface area contributed by atoms with Crippen molar-refractivity contribution < 1.29 is 24.1 Å². The number of hydrogen-bond acceptors (Lipinski definition) is 6. The highest BCUT2D eigenvalue weighted by Crippen LogP contribution is 2.37. The van der Waals surface area contributed by atoms with E-state index in [4.69, 9.17) is 19.7 Å². The maximum absolute atomic E-state index is 15.1. The van der Waals surface area contributed by atoms with Crippen molar-refractivity contribution in [3.63, 3.8) is 0 Å². The number of H-pyrrole nitrogens is 1. The molecular formula is C25H27FN4O3. The summed E-state index contributed by atoms with van der Waals surface area (Å²) in [5.74, 6) is 0.525. The van der Waals surface area contributed by atoms with E-state index >= 15 is 4.39 Å². The molecular weight excluding hydrogens is 423 g/mol. The Hall–Kier alpha value is -3.39. The van der Waals surface area contributed by atoms with E-state index in [9.17, 15) is 0 Å². The minimum atomic E-state index is -1.68. The van der Waals surface area contributed by atoms with Gasteiger partial charge in [0.15, 0.2) is 23.1 Å². The molecule has 7 nitrogen and oxygen atoms in total. The molecule has 1 saturated heterocycles. The number of aromatic nitrogens is 3. The van der Waals surface area contributed by atoms with Crippen LogP contribution in [0, 0.1) is 12.7 Å². The molecule has 1 aliphatic heterocycles. The van der Waals surface area contributed by atoms with E-state index in [1.54, 1.807) is 30.3 Å². The normalized spacial score (nSPS) is 19.1. The van der Waals surface area contributed by atoms with Gasteiger partial charge in [0, 0.05) is 34.7 Å². The number of methoxy groups -OCH3 is 1. The van der Waals surface area contributed by atoms with E-state index in [1.807, 2.05) is 6.92 Å². The number of likely N-dealkylation sites (tertiary alicyclic amines) is 1. The number of benzene rings is 2. The van der Waals surface area contributed by atoms with Crippen LogP contribution in [0.2, 0.25) is 0 Å². The molecule has 2 aromatic carbocycles. The molecule has 0 amide bonds. The molecule has 4 aromatic rings. The van der Waals surface area contributed by atoms with Crippen molar-refractivity contribution in [2.45, 2.75) is 26.2 Å². The monoisotopic (exact) mass is 454 g/mol. The fraction of sp³-hybridized carbons (Fsp3) is 0.360. The van der Waals surface area contributed by atoms with Crippen LogP contribution in [-0.4, -0.2) is 53.1 Å². The number of hydrogen-bond donors (Lipinski definition) is 1. The van der Waals surface area contributed by atoms with Gasteiger partial charge in [0.1, 0.15) is 6.33 Å². The topological polar surface area (TPSA) is 72.5 Å². The second-order valence-electron chi connectivity index (χ2n) is 7.76. The molecule has 2 aromatic heterocycles. The first kappa shape index (κ1) is 17.1. The number of halogens is 1. The number of aryl methyl sites for hydroxylation is 1. The molecule has 1 aliphatic rings. The lowest BCUT2D eigenvalue weighted by atomic mass is 10.2. The molecule has 5 rings (SSSR count). The van der Waals surface area contributed by atoms with Crippen LogP contribution in [0.15, 0.2) is 36.7 Å². The summed E-state index contributed by atoms with van der Waals surface area (Å²) in [5.41, 5.74) is 2.02. The molecule has 0 aliphatic carbocycles. The molecule has 0 atom stereocenters. The summed E-state index contributed by atoms with van der Waals surface area (Å²) in [6.07, 6.45) is 2.05. The summed E-state index contributed by atoms with van der Waals surface area (Å²) in [6, 6.07) is 8.34. The molecule has 0 saturated carbocycles. The van der Waals surface area contributed by atoms with Crippen molar-refractivity contribution >= 4 is 21.8 Å². The Labute approximate surface area is 197 Å². The van der Waals surface area contributed by atoms with Crippen LogP contribution in [0.1, 0.15) is 30.4 Å². The maximum Gasteiger partial charge on any atom is 0.230 e. The number of fused-ring (bicyclic) bond motifs is 2. The van der Waals surface area contributed by atoms with Gasteiger partial charge in [-0.2, -0.15) is 0 Å². The standard InChI is InChI=1S/C25H27FN4O3/c1-16-12-17-19(29-16)6-7-21(24(17)26)33-25-18-13-22(31-2)23(14-20(18)27-15-28-25)32-11-5-10-30-8-3-4-9-30/h6-7,12-15,29H,3-5,8-11H2,1-2H3/i8D2,9D2. The molecule has 3 heterocycles. The van der Waals surface area contributed by atoms with Gasteiger partial charge in [0.05, 0.1) is 24.6 Å². The number of nitrogens with zero attached hydrogens (tertiary/aromatic N) is 3. The summed E-state index contributed by atoms with van der Waals surface area (Å²) < 4.78 is 64.5. The zero-order valence-electron chi connectivity index (χ0n) is 22.4. The highest BCUT2D eigenvalue weighted by atomic mass is 19.1. The molecule has 0 radical (unpaired) electrons. The van der Waals surface area contributed by atoms with E-state index in [0.29, 0.717) is 39.7 Å². The predicted molar refractivity (Wildman–Crippen MR) is 125 cm³/mol. The first-order valence-corrected chi connectivity index (χ1v) is 10.8. The molecule has 0 bridgehead atoms. The molecule has 0 spiro atoms. The number of ether oxygens (including phenoxy) is 3. The summed E-state index contributed by atoms with van der Waals surface area (Å²) in [6.45, 7) is -1.07. The van der Waals surface area contributed by atoms with Gasteiger partial charge in [-0.25, -0.2) is 14.4 Å². The van der Waals surface area contributed by atoms with Crippen LogP contribution in [-0.2, 0) is 0 Å². The van der Waals surface area contributed by atoms with Crippen molar-refractivity contribution in [1.82, 2.24) is 19.9 Å². The zero-order valence-corrected chi connectivity index (χ0v) is 18.4. The van der Waals surface area contributed by atoms with Crippen molar-refractivity contribution in [3.05, 3.63) is 48.2 Å². The molecule has 8 heteroatoms. The first-order chi connectivity index (χ1) is 17.6. The molecule has 33 heavy (non-hydrogen) atoms. The van der Waals surface area contributed by atoms with E-state index in [1.165, 1.54) is 18.3 Å². The van der Waals surface area contributed by atoms with Crippen LogP contribution in [0.25, 0.3) is 21.8 Å². The van der Waals surface area contributed by atoms with Gasteiger partial charge < -0.3 is 24.1 Å². The maximum atomic E-state index is 15.1. The van der Waals surface area contributed by atoms with Crippen molar-refractivity contribution in [3.8, 4) is 23.1 Å². The van der Waals surface area contributed by atoms with Gasteiger partial charge in [-0.15, -0.1) is 0 Å². The number of rotatable bonds is 8. The summed E-state index contributed by atoms with van der Waals surface area (Å²) in [4.78, 5) is 12.8. The van der Waals surface area contributed by atoms with Crippen LogP contribution in [0.4, 0.5) is 4.39 Å². The van der Waals surface area contributed by atoms with E-state index in [0.717, 1.165) is 5.69 Å². The fourth-order valence-corrected chi connectivity index (χ4v) is 3.87. The van der Waals surface area contributed by atoms with E-state index in [-0.39, 0.29) is 37.6 Å². The van der Waals surface area contributed by atoms with Gasteiger partial charge in [0.25, 0.3) is 0 Å². The molecule has 172 valence electrons. The van der Waals surface area contributed by atoms with Crippen LogP contribution >= 0.6 is 0 Å². The molecule has 1 N–H and O–H groups in total. The Balaban J connectivity index is 1.34. The number of nitrogens with one attached hydrogen (secondary N) is 1. The van der Waals surface area contributed by atoms with E-state index < -0.39 is 18.8 Å². The van der Waals surface area contributed by atoms with Gasteiger partial charge >= 0.3 is 0 Å². The summed E-state index contributed by atoms with van der Waals surface area (Å²) >= 11 is 0. The van der Waals surface area contributed by atoms with Gasteiger partial charge in [0.2, 0.25) is 5.88 Å². The highest BCUT2D eigenvalue weighted by molar-refractivity contribution is 5.87. The quantitative estimate of drug-likeness (QED) is 0.368. The average molecular weight is 455 g/mol. The Kier molecular flexibility index (Phi) is 4.79. The van der Waals surface area contributed by atoms with Gasteiger partial charge in [-0.05, 0) is 63.4 Å². The van der Waals surface area contributed by atoms with E-state index in [2.05, 4.69) is 15.0 Å². The summed E-state index contributed by atoms with van der Waals surface area (Å²) in [7, 11) is 1.49. The lowest BCUT2D eigenvalue weighted by molar-refractivity contribution is 0.254. The van der Waals surface area contributed by atoms with Gasteiger partial charge in [-0.1, -0.05) is 0 Å². The minimum absolute atomic E-state index is 0.0347. The first-order valence-electron chi connectivity index (χ1n) is 12.8. The number of aromatic amines is 1. The second kappa shape index (κ2) is 9.23. The minimum Gasteiger partial charge on any atom is -0.493 e. The summed E-state index contributed by atoms with van der Waals surface area (Å²) in [5, 5.41) is 0.937. The molecule has 1 fully saturated rings. The SMILES string of the molecule is [2H]C1([2H])CCC([2H])([2H])N1CCCOc1cc2ncnc(Oc3ccc4[nH]c(C)cc4c3F)c2cc1OC. The van der Waals surface area contributed by atoms with Crippen molar-refractivity contribution in [1.29, 1.82) is 0 Å². The lowest BCUT2D eigenvalue weighted by Crippen LogP contribution is -2.21. The average Bonchev–Trinajstić information content (AvgIpc) is 3.34. The second-order valence-corrected chi connectivity index (χ2v) is 7.76. The third-order valence-electron chi connectivity index (χ3n) is 5.44. The smallest absolute Gasteiger partial charge is 0.230 e. The largest absolute Gasteiger partial charge is 0.493 e. The Morgan fingerprint density at radius 2 is 1.94 bits per heavy atom. The predicted octanol–water partition coefficient (Wildman–Crippen LogP) is 5.22. The van der Waals surface area contributed by atoms with Crippen molar-refractivity contribution in [2.24, 2.45) is 0 Å². The third kappa shape index (κ3) is 4.43. The Morgan fingerprint density at radius 3 is 2.76 bits per heavy atom.